The average Bonchev–Trinajstić information content (AvgIpc) is 2.72. The molecule has 116 valence electrons. The SMILES string of the molecule is COP(=O)(O)Oc1cocc1CO[Si](C)(C)C(C)(C)C. The molecule has 0 amide bonds. The summed E-state index contributed by atoms with van der Waals surface area (Å²) < 4.78 is 31.7. The first-order chi connectivity index (χ1) is 8.98. The predicted molar refractivity (Wildman–Crippen MR) is 78.2 cm³/mol. The normalized spacial score (nSPS) is 15.9. The molecule has 0 aliphatic heterocycles. The highest BCUT2D eigenvalue weighted by atomic mass is 31.2. The number of hydrogen-bond acceptors (Lipinski definition) is 5. The van der Waals surface area contributed by atoms with E-state index < -0.39 is 16.1 Å². The van der Waals surface area contributed by atoms with Crippen molar-refractivity contribution in [1.82, 2.24) is 0 Å². The summed E-state index contributed by atoms with van der Waals surface area (Å²) in [4.78, 5) is 9.31. The molecule has 0 aliphatic rings. The summed E-state index contributed by atoms with van der Waals surface area (Å²) in [6.45, 7) is 10.9. The van der Waals surface area contributed by atoms with E-state index in [1.54, 1.807) is 0 Å². The summed E-state index contributed by atoms with van der Waals surface area (Å²) in [5.74, 6) is 0.163. The van der Waals surface area contributed by atoms with Gasteiger partial charge in [-0.1, -0.05) is 20.8 Å². The van der Waals surface area contributed by atoms with Gasteiger partial charge in [-0.25, -0.2) is 4.57 Å². The largest absolute Gasteiger partial charge is 0.527 e. The Morgan fingerprint density at radius 2 is 1.95 bits per heavy atom. The van der Waals surface area contributed by atoms with Crippen molar-refractivity contribution in [2.75, 3.05) is 7.11 Å². The van der Waals surface area contributed by atoms with Crippen LogP contribution < -0.4 is 4.52 Å². The third kappa shape index (κ3) is 4.46. The molecule has 0 spiro atoms. The Hall–Kier alpha value is -0.593. The van der Waals surface area contributed by atoms with E-state index in [0.29, 0.717) is 5.56 Å². The van der Waals surface area contributed by atoms with Crippen LogP contribution in [-0.4, -0.2) is 20.3 Å². The van der Waals surface area contributed by atoms with Gasteiger partial charge in [0, 0.05) is 7.11 Å². The van der Waals surface area contributed by atoms with E-state index in [1.807, 2.05) is 0 Å². The molecule has 20 heavy (non-hydrogen) atoms. The third-order valence-corrected chi connectivity index (χ3v) is 8.91. The lowest BCUT2D eigenvalue weighted by molar-refractivity contribution is 0.237. The van der Waals surface area contributed by atoms with Crippen LogP contribution in [0.5, 0.6) is 5.75 Å². The molecule has 1 atom stereocenters. The third-order valence-electron chi connectivity index (χ3n) is 3.54. The zero-order valence-corrected chi connectivity index (χ0v) is 14.7. The molecule has 0 saturated heterocycles. The molecule has 6 nitrogen and oxygen atoms in total. The first kappa shape index (κ1) is 17.5. The van der Waals surface area contributed by atoms with E-state index in [4.69, 9.17) is 13.4 Å². The number of phosphoric ester groups is 1. The average molecular weight is 322 g/mol. The van der Waals surface area contributed by atoms with E-state index in [9.17, 15) is 9.46 Å². The van der Waals surface area contributed by atoms with Gasteiger partial charge in [-0.3, -0.25) is 9.42 Å². The Labute approximate surface area is 120 Å². The molecule has 0 saturated carbocycles. The minimum atomic E-state index is -4.09. The molecule has 1 N–H and O–H groups in total. The highest BCUT2D eigenvalue weighted by molar-refractivity contribution is 7.47. The maximum Gasteiger partial charge on any atom is 0.527 e. The summed E-state index contributed by atoms with van der Waals surface area (Å²) in [5.41, 5.74) is 0.584. The quantitative estimate of drug-likeness (QED) is 0.631. The first-order valence-electron chi connectivity index (χ1n) is 6.26. The van der Waals surface area contributed by atoms with Gasteiger partial charge >= 0.3 is 7.82 Å². The molecule has 0 aliphatic carbocycles. The van der Waals surface area contributed by atoms with Gasteiger partial charge in [-0.05, 0) is 18.1 Å². The van der Waals surface area contributed by atoms with Crippen molar-refractivity contribution in [2.24, 2.45) is 0 Å². The van der Waals surface area contributed by atoms with Crippen LogP contribution >= 0.6 is 7.82 Å². The lowest BCUT2D eigenvalue weighted by atomic mass is 10.2. The topological polar surface area (TPSA) is 78.1 Å². The maximum absolute atomic E-state index is 11.4. The van der Waals surface area contributed by atoms with Crippen molar-refractivity contribution in [2.45, 2.75) is 45.5 Å². The van der Waals surface area contributed by atoms with Gasteiger partial charge in [0.25, 0.3) is 0 Å². The number of furan rings is 1. The van der Waals surface area contributed by atoms with Crippen molar-refractivity contribution in [3.63, 3.8) is 0 Å². The monoisotopic (exact) mass is 322 g/mol. The van der Waals surface area contributed by atoms with Crippen LogP contribution in [0.15, 0.2) is 16.9 Å². The summed E-state index contributed by atoms with van der Waals surface area (Å²) >= 11 is 0. The van der Waals surface area contributed by atoms with Crippen LogP contribution in [0.1, 0.15) is 26.3 Å². The molecule has 0 radical (unpaired) electrons. The van der Waals surface area contributed by atoms with Gasteiger partial charge < -0.3 is 13.4 Å². The lowest BCUT2D eigenvalue weighted by Gasteiger charge is -2.36. The number of rotatable bonds is 6. The smallest absolute Gasteiger partial charge is 0.468 e. The Bertz CT molecular complexity index is 490. The molecule has 1 aromatic heterocycles. The summed E-state index contributed by atoms with van der Waals surface area (Å²) in [7, 11) is -4.90. The molecule has 1 aromatic rings. The fraction of sp³-hybridized carbons (Fsp3) is 0.667. The molecular formula is C12H23O6PSi. The minimum absolute atomic E-state index is 0.0799. The van der Waals surface area contributed by atoms with Crippen molar-refractivity contribution in [3.8, 4) is 5.75 Å². The zero-order valence-electron chi connectivity index (χ0n) is 12.8. The van der Waals surface area contributed by atoms with E-state index in [1.165, 1.54) is 12.5 Å². The molecule has 1 heterocycles. The van der Waals surface area contributed by atoms with Gasteiger partial charge in [0.15, 0.2) is 14.1 Å². The van der Waals surface area contributed by atoms with Crippen LogP contribution in [0, 0.1) is 0 Å². The van der Waals surface area contributed by atoms with E-state index >= 15 is 0 Å². The van der Waals surface area contributed by atoms with Gasteiger partial charge in [-0.15, -0.1) is 0 Å². The van der Waals surface area contributed by atoms with Crippen molar-refractivity contribution in [1.29, 1.82) is 0 Å². The van der Waals surface area contributed by atoms with Crippen molar-refractivity contribution < 1.29 is 27.3 Å². The minimum Gasteiger partial charge on any atom is -0.468 e. The molecule has 1 unspecified atom stereocenters. The van der Waals surface area contributed by atoms with E-state index in [2.05, 4.69) is 38.4 Å². The fourth-order valence-electron chi connectivity index (χ4n) is 1.13. The predicted octanol–water partition coefficient (Wildman–Crippen LogP) is 3.93. The number of hydrogen-bond donors (Lipinski definition) is 1. The van der Waals surface area contributed by atoms with Gasteiger partial charge in [0.2, 0.25) is 0 Å². The second kappa shape index (κ2) is 6.03. The van der Waals surface area contributed by atoms with Gasteiger partial charge in [0.1, 0.15) is 6.26 Å². The Balaban J connectivity index is 2.76. The van der Waals surface area contributed by atoms with Crippen molar-refractivity contribution in [3.05, 3.63) is 18.1 Å². The molecule has 0 fully saturated rings. The first-order valence-corrected chi connectivity index (χ1v) is 10.7. The molecule has 8 heteroatoms. The molecule has 1 rings (SSSR count). The van der Waals surface area contributed by atoms with Crippen LogP contribution in [0.25, 0.3) is 0 Å². The molecular weight excluding hydrogens is 299 g/mol. The Morgan fingerprint density at radius 1 is 1.35 bits per heavy atom. The highest BCUT2D eigenvalue weighted by Gasteiger charge is 2.37. The lowest BCUT2D eigenvalue weighted by Crippen LogP contribution is -2.40. The van der Waals surface area contributed by atoms with Crippen LogP contribution in [0.2, 0.25) is 18.1 Å². The molecule has 0 bridgehead atoms. The zero-order chi connectivity index (χ0) is 15.6. The van der Waals surface area contributed by atoms with E-state index in [0.717, 1.165) is 7.11 Å². The standard InChI is InChI=1S/C12H23O6PSi/c1-12(2,3)20(5,6)17-8-10-7-16-9-11(10)18-19(13,14)15-4/h7,9H,8H2,1-6H3,(H,13,14). The second-order valence-corrected chi connectivity index (χ2v) is 12.3. The second-order valence-electron chi connectivity index (χ2n) is 6.05. The van der Waals surface area contributed by atoms with Gasteiger partial charge in [0.05, 0.1) is 18.4 Å². The summed E-state index contributed by atoms with van der Waals surface area (Å²) in [5, 5.41) is 0.0799. The maximum atomic E-state index is 11.4. The van der Waals surface area contributed by atoms with Crippen molar-refractivity contribution >= 4 is 16.1 Å². The Morgan fingerprint density at radius 3 is 2.45 bits per heavy atom. The van der Waals surface area contributed by atoms with E-state index in [-0.39, 0.29) is 17.4 Å². The van der Waals surface area contributed by atoms with Crippen LogP contribution in [0.3, 0.4) is 0 Å². The fourth-order valence-corrected chi connectivity index (χ4v) is 2.57. The van der Waals surface area contributed by atoms with Gasteiger partial charge in [-0.2, -0.15) is 0 Å². The molecule has 0 aromatic carbocycles. The Kier molecular flexibility index (Phi) is 5.27. The summed E-state index contributed by atoms with van der Waals surface area (Å²) in [6.07, 6.45) is 2.70. The summed E-state index contributed by atoms with van der Waals surface area (Å²) in [6, 6.07) is 0. The number of phosphoric acid groups is 1. The highest BCUT2D eigenvalue weighted by Crippen LogP contribution is 2.44. The van der Waals surface area contributed by atoms with Crippen LogP contribution in [0.4, 0.5) is 0 Å². The van der Waals surface area contributed by atoms with Crippen LogP contribution in [-0.2, 0) is 20.1 Å².